The van der Waals surface area contributed by atoms with Crippen LogP contribution in [0.25, 0.3) is 9.28 Å². The number of nitrogens with one attached hydrogen (secondary N) is 1. The summed E-state index contributed by atoms with van der Waals surface area (Å²) >= 11 is -3.05. The molecule has 0 radical (unpaired) electrons. The fourth-order valence-electron chi connectivity index (χ4n) is 3.75. The molecule has 180 valence electrons. The van der Waals surface area contributed by atoms with Crippen LogP contribution in [0.1, 0.15) is 58.7 Å². The first-order valence-corrected chi connectivity index (χ1v) is 16.6. The van der Waals surface area contributed by atoms with Crippen molar-refractivity contribution in [2.45, 2.75) is 47.5 Å². The summed E-state index contributed by atoms with van der Waals surface area (Å²) in [6, 6.07) is 8.51. The Hall–Kier alpha value is -2.48. The molecule has 2 aliphatic rings. The Bertz CT molecular complexity index is 1240. The summed E-state index contributed by atoms with van der Waals surface area (Å²) in [5, 5.41) is 3.37. The van der Waals surface area contributed by atoms with E-state index in [1.165, 1.54) is 17.7 Å². The van der Waals surface area contributed by atoms with Crippen molar-refractivity contribution in [3.05, 3.63) is 75.4 Å². The van der Waals surface area contributed by atoms with Crippen LogP contribution in [-0.4, -0.2) is 24.7 Å². The number of fused-ring (bicyclic) bond motifs is 1. The number of benzene rings is 1. The second-order valence-corrected chi connectivity index (χ2v) is 17.6. The van der Waals surface area contributed by atoms with Crippen LogP contribution in [0.5, 0.6) is 0 Å². The molecule has 2 aliphatic heterocycles. The van der Waals surface area contributed by atoms with Gasteiger partial charge in [-0.05, 0) is 0 Å². The van der Waals surface area contributed by atoms with Crippen LogP contribution >= 0.6 is 18.0 Å². The molecule has 4 nitrogen and oxygen atoms in total. The maximum atomic E-state index is 13.7. The molecule has 0 spiro atoms. The molecule has 0 fully saturated rings. The van der Waals surface area contributed by atoms with Crippen LogP contribution in [0.4, 0.5) is 10.3 Å². The summed E-state index contributed by atoms with van der Waals surface area (Å²) < 4.78 is 23.0. The number of nitrogens with zero attached hydrogens (tertiary/aromatic N) is 3. The quantitative estimate of drug-likeness (QED) is 0.347. The van der Waals surface area contributed by atoms with Gasteiger partial charge in [0, 0.05) is 0 Å². The predicted molar refractivity (Wildman–Crippen MR) is 153 cm³/mol. The molecule has 0 saturated heterocycles. The number of aromatic nitrogens is 2. The van der Waals surface area contributed by atoms with Gasteiger partial charge in [-0.3, -0.25) is 0 Å². The van der Waals surface area contributed by atoms with E-state index in [4.69, 9.17) is 14.5 Å². The molecule has 0 amide bonds. The zero-order chi connectivity index (χ0) is 24.5. The monoisotopic (exact) mass is 572 g/mol. The van der Waals surface area contributed by atoms with Gasteiger partial charge in [0.25, 0.3) is 0 Å². The number of hydrogen-bond acceptors (Lipinski definition) is 4. The average molecular weight is 573 g/mol. The van der Waals surface area contributed by atoms with E-state index in [0.29, 0.717) is 11.9 Å². The van der Waals surface area contributed by atoms with Gasteiger partial charge in [0.15, 0.2) is 0 Å². The zero-order valence-electron chi connectivity index (χ0n) is 20.7. The van der Waals surface area contributed by atoms with E-state index in [-0.39, 0.29) is 11.2 Å². The molecule has 0 bridgehead atoms. The Morgan fingerprint density at radius 3 is 2.53 bits per heavy atom. The number of rotatable bonds is 7. The van der Waals surface area contributed by atoms with Crippen LogP contribution in [0.3, 0.4) is 0 Å². The van der Waals surface area contributed by atoms with Gasteiger partial charge >= 0.3 is 207 Å². The summed E-state index contributed by atoms with van der Waals surface area (Å²) in [5.74, 6) is 0.991. The third-order valence-electron chi connectivity index (χ3n) is 5.69. The van der Waals surface area contributed by atoms with Crippen molar-refractivity contribution in [3.63, 3.8) is 0 Å². The molecule has 1 aromatic heterocycles. The number of hydrogen-bond donors (Lipinski definition) is 1. The van der Waals surface area contributed by atoms with E-state index in [0.717, 1.165) is 43.6 Å². The topological polar surface area (TPSA) is 50.2 Å². The summed E-state index contributed by atoms with van der Waals surface area (Å²) in [6.07, 6.45) is 8.45. The summed E-state index contributed by atoms with van der Waals surface area (Å²) in [4.78, 5) is 14.4. The van der Waals surface area contributed by atoms with Gasteiger partial charge in [0.1, 0.15) is 0 Å². The molecule has 2 aromatic rings. The van der Waals surface area contributed by atoms with Crippen LogP contribution in [-0.2, 0) is 0 Å². The molecule has 1 atom stereocenters. The van der Waals surface area contributed by atoms with E-state index in [1.807, 2.05) is 6.07 Å². The van der Waals surface area contributed by atoms with Crippen molar-refractivity contribution in [1.29, 1.82) is 0 Å². The summed E-state index contributed by atoms with van der Waals surface area (Å²) in [5.41, 5.74) is 3.99. The van der Waals surface area contributed by atoms with Gasteiger partial charge in [0.2, 0.25) is 0 Å². The Balaban J connectivity index is 1.78. The van der Waals surface area contributed by atoms with E-state index in [1.54, 1.807) is 18.3 Å². The number of anilines is 1. The summed E-state index contributed by atoms with van der Waals surface area (Å²) in [7, 11) is 0. The van der Waals surface area contributed by atoms with Gasteiger partial charge in [-0.1, -0.05) is 0 Å². The second kappa shape index (κ2) is 9.64. The molecule has 1 N–H and O–H groups in total. The van der Waals surface area contributed by atoms with Crippen molar-refractivity contribution in [2.75, 3.05) is 11.9 Å². The average Bonchev–Trinajstić information content (AvgIpc) is 3.09. The normalized spacial score (nSPS) is 21.7. The molecule has 1 unspecified atom stereocenters. The Morgan fingerprint density at radius 2 is 1.85 bits per heavy atom. The minimum absolute atomic E-state index is 0.107. The van der Waals surface area contributed by atoms with Crippen molar-refractivity contribution in [2.24, 2.45) is 16.3 Å². The van der Waals surface area contributed by atoms with E-state index in [2.05, 4.69) is 61.2 Å². The Labute approximate surface area is 206 Å². The molecule has 4 rings (SSSR count). The van der Waals surface area contributed by atoms with Crippen molar-refractivity contribution >= 4 is 41.4 Å². The maximum absolute atomic E-state index is 13.7. The molecule has 0 aliphatic carbocycles. The third kappa shape index (κ3) is 5.43. The first-order valence-electron chi connectivity index (χ1n) is 11.7. The zero-order valence-corrected chi connectivity index (χ0v) is 22.9. The fourth-order valence-corrected chi connectivity index (χ4v) is 10.4. The van der Waals surface area contributed by atoms with Crippen molar-refractivity contribution in [3.8, 4) is 0 Å². The van der Waals surface area contributed by atoms with Crippen molar-refractivity contribution in [1.82, 2.24) is 9.97 Å². The Kier molecular flexibility index (Phi) is 6.99. The second-order valence-electron chi connectivity index (χ2n) is 10.5. The van der Waals surface area contributed by atoms with E-state index >= 15 is 0 Å². The van der Waals surface area contributed by atoms with Gasteiger partial charge in [0.05, 0.1) is 0 Å². The van der Waals surface area contributed by atoms with Crippen LogP contribution in [0.2, 0.25) is 0 Å². The number of halogens is 2. The molecule has 6 heteroatoms. The molecule has 0 saturated carbocycles. The number of allylic oxidation sites excluding steroid dienone is 3. The molecule has 3 heterocycles. The first-order chi connectivity index (χ1) is 16.0. The van der Waals surface area contributed by atoms with Crippen LogP contribution in [0.15, 0.2) is 63.3 Å². The fraction of sp³-hybridized carbons (Fsp3) is 0.357. The number of aliphatic imine (C=N–C) groups is 1. The SMILES string of the molecule is C=I12C=CC(CCC(C)C)=CC1=NC(c1ccc(F)cc1)=C2c1ccnc(NCC(C)(C)C)n1. The van der Waals surface area contributed by atoms with Gasteiger partial charge in [-0.15, -0.1) is 0 Å². The predicted octanol–water partition coefficient (Wildman–Crippen LogP) is 7.68. The van der Waals surface area contributed by atoms with Gasteiger partial charge in [-0.25, -0.2) is 0 Å². The standard InChI is InChI=1S/C28H34FIN4/c1-19(2)7-8-20-13-15-30(6)24(17-20)34-26(21-9-11-22(29)12-10-21)25(30)23-14-16-31-27(33-23)32-18-28(3,4)5/h9-17,19H,6-8,18H2,1-5H3,(H,31,32,33). The summed E-state index contributed by atoms with van der Waals surface area (Å²) in [6.45, 7) is 11.8. The van der Waals surface area contributed by atoms with Gasteiger partial charge < -0.3 is 0 Å². The van der Waals surface area contributed by atoms with Crippen LogP contribution < -0.4 is 5.32 Å². The first kappa shape index (κ1) is 24.6. The third-order valence-corrected chi connectivity index (χ3v) is 12.8. The van der Waals surface area contributed by atoms with E-state index < -0.39 is 18.0 Å². The van der Waals surface area contributed by atoms with Gasteiger partial charge in [-0.2, -0.15) is 0 Å². The van der Waals surface area contributed by atoms with E-state index in [9.17, 15) is 4.39 Å². The molecule has 1 aromatic carbocycles. The molecular formula is C28H34FIN4. The molecular weight excluding hydrogens is 538 g/mol. The Morgan fingerprint density at radius 1 is 1.12 bits per heavy atom. The van der Waals surface area contributed by atoms with Crippen molar-refractivity contribution < 1.29 is 4.39 Å². The van der Waals surface area contributed by atoms with Crippen LogP contribution in [0, 0.1) is 17.2 Å². The minimum atomic E-state index is -3.05. The molecule has 34 heavy (non-hydrogen) atoms.